The zero-order valence-electron chi connectivity index (χ0n) is 11.5. The number of alkyl halides is 3. The van der Waals surface area contributed by atoms with E-state index >= 15 is 0 Å². The van der Waals surface area contributed by atoms with E-state index in [0.29, 0.717) is 5.56 Å². The smallest absolute Gasteiger partial charge is 0.329 e. The molecule has 20 heavy (non-hydrogen) atoms. The fourth-order valence-electron chi connectivity index (χ4n) is 1.74. The lowest BCUT2D eigenvalue weighted by Crippen LogP contribution is -2.45. The highest BCUT2D eigenvalue weighted by molar-refractivity contribution is 5.79. The van der Waals surface area contributed by atoms with Gasteiger partial charge in [-0.3, -0.25) is 4.79 Å². The highest BCUT2D eigenvalue weighted by Gasteiger charge is 2.35. The zero-order valence-corrected chi connectivity index (χ0v) is 11.5. The molecule has 2 N–H and O–H groups in total. The molecule has 0 radical (unpaired) electrons. The molecule has 1 aromatic carbocycles. The first-order chi connectivity index (χ1) is 9.20. The lowest BCUT2D eigenvalue weighted by Gasteiger charge is -2.28. The monoisotopic (exact) mass is 288 g/mol. The molecule has 0 aliphatic rings. The fourth-order valence-corrected chi connectivity index (χ4v) is 1.74. The maximum atomic E-state index is 12.6. The number of rotatable bonds is 5. The third-order valence-corrected chi connectivity index (χ3v) is 3.08. The van der Waals surface area contributed by atoms with Gasteiger partial charge in [0, 0.05) is 12.6 Å². The lowest BCUT2D eigenvalue weighted by molar-refractivity contribution is -0.165. The van der Waals surface area contributed by atoms with Crippen molar-refractivity contribution >= 4 is 5.91 Å². The fraction of sp³-hybridized carbons (Fsp3) is 0.500. The van der Waals surface area contributed by atoms with Gasteiger partial charge in [-0.15, -0.1) is 0 Å². The van der Waals surface area contributed by atoms with Gasteiger partial charge in [0.1, 0.15) is 6.54 Å². The topological polar surface area (TPSA) is 46.3 Å². The average Bonchev–Trinajstić information content (AvgIpc) is 2.35. The van der Waals surface area contributed by atoms with E-state index in [2.05, 4.69) is 0 Å². The minimum Gasteiger partial charge on any atom is -0.329 e. The Kier molecular flexibility index (Phi) is 5.56. The molecule has 0 bridgehead atoms. The largest absolute Gasteiger partial charge is 0.406 e. The molecule has 1 aromatic rings. The maximum Gasteiger partial charge on any atom is 0.406 e. The summed E-state index contributed by atoms with van der Waals surface area (Å²) in [5.41, 5.74) is 6.26. The van der Waals surface area contributed by atoms with Crippen molar-refractivity contribution in [3.8, 4) is 0 Å². The van der Waals surface area contributed by atoms with Crippen molar-refractivity contribution in [3.05, 3.63) is 35.9 Å². The third kappa shape index (κ3) is 5.21. The number of benzene rings is 1. The van der Waals surface area contributed by atoms with E-state index in [1.54, 1.807) is 44.2 Å². The standard InChI is InChI=1S/C14H19F3N2O/c1-10(11(2)18)13(20)19(9-14(15,16)17)8-12-6-4-3-5-7-12/h3-7,10-11H,8-9,18H2,1-2H3. The van der Waals surface area contributed by atoms with Crippen LogP contribution in [0.4, 0.5) is 13.2 Å². The van der Waals surface area contributed by atoms with Crippen LogP contribution in [0.25, 0.3) is 0 Å². The molecule has 0 spiro atoms. The van der Waals surface area contributed by atoms with E-state index in [9.17, 15) is 18.0 Å². The van der Waals surface area contributed by atoms with E-state index in [4.69, 9.17) is 5.73 Å². The summed E-state index contributed by atoms with van der Waals surface area (Å²) in [6.07, 6.45) is -4.43. The first-order valence-corrected chi connectivity index (χ1v) is 6.35. The Morgan fingerprint density at radius 2 is 1.80 bits per heavy atom. The molecular weight excluding hydrogens is 269 g/mol. The van der Waals surface area contributed by atoms with Crippen LogP contribution in [0.3, 0.4) is 0 Å². The molecule has 1 amide bonds. The molecule has 3 nitrogen and oxygen atoms in total. The van der Waals surface area contributed by atoms with Crippen molar-refractivity contribution in [2.24, 2.45) is 11.7 Å². The summed E-state index contributed by atoms with van der Waals surface area (Å²) in [7, 11) is 0. The van der Waals surface area contributed by atoms with E-state index < -0.39 is 30.6 Å². The van der Waals surface area contributed by atoms with Gasteiger partial charge in [0.25, 0.3) is 0 Å². The Hall–Kier alpha value is -1.56. The molecule has 0 fully saturated rings. The van der Waals surface area contributed by atoms with Crippen molar-refractivity contribution < 1.29 is 18.0 Å². The Bertz CT molecular complexity index is 432. The Morgan fingerprint density at radius 1 is 1.25 bits per heavy atom. The van der Waals surface area contributed by atoms with E-state index in [1.165, 1.54) is 0 Å². The van der Waals surface area contributed by atoms with Crippen molar-refractivity contribution in [3.63, 3.8) is 0 Å². The Balaban J connectivity index is 2.88. The molecule has 0 saturated carbocycles. The van der Waals surface area contributed by atoms with Gasteiger partial charge in [0.05, 0.1) is 5.92 Å². The van der Waals surface area contributed by atoms with Crippen molar-refractivity contribution in [1.82, 2.24) is 4.90 Å². The van der Waals surface area contributed by atoms with E-state index in [-0.39, 0.29) is 6.54 Å². The first kappa shape index (κ1) is 16.5. The van der Waals surface area contributed by atoms with Crippen LogP contribution in [0.2, 0.25) is 0 Å². The van der Waals surface area contributed by atoms with Gasteiger partial charge >= 0.3 is 6.18 Å². The summed E-state index contributed by atoms with van der Waals surface area (Å²) < 4.78 is 37.8. The average molecular weight is 288 g/mol. The van der Waals surface area contributed by atoms with Gasteiger partial charge in [-0.2, -0.15) is 13.2 Å². The molecule has 6 heteroatoms. The summed E-state index contributed by atoms with van der Waals surface area (Å²) in [6, 6.07) is 8.10. The zero-order chi connectivity index (χ0) is 15.3. The summed E-state index contributed by atoms with van der Waals surface area (Å²) in [6.45, 7) is 1.81. The summed E-state index contributed by atoms with van der Waals surface area (Å²) in [5, 5.41) is 0. The highest BCUT2D eigenvalue weighted by Crippen LogP contribution is 2.20. The molecule has 0 heterocycles. The molecule has 2 atom stereocenters. The van der Waals surface area contributed by atoms with Crippen molar-refractivity contribution in [2.45, 2.75) is 32.6 Å². The normalized spacial score (nSPS) is 14.7. The lowest BCUT2D eigenvalue weighted by atomic mass is 10.0. The number of nitrogens with two attached hydrogens (primary N) is 1. The van der Waals surface area contributed by atoms with Crippen LogP contribution < -0.4 is 5.73 Å². The Morgan fingerprint density at radius 3 is 2.25 bits per heavy atom. The molecule has 112 valence electrons. The second kappa shape index (κ2) is 6.74. The Labute approximate surface area is 116 Å². The van der Waals surface area contributed by atoms with Gasteiger partial charge in [0.15, 0.2) is 0 Å². The van der Waals surface area contributed by atoms with Crippen LogP contribution in [0.5, 0.6) is 0 Å². The predicted molar refractivity (Wildman–Crippen MR) is 70.7 cm³/mol. The molecular formula is C14H19F3N2O. The molecule has 0 aliphatic carbocycles. The SMILES string of the molecule is CC(N)C(C)C(=O)N(Cc1ccccc1)CC(F)(F)F. The van der Waals surface area contributed by atoms with Gasteiger partial charge < -0.3 is 10.6 Å². The quantitative estimate of drug-likeness (QED) is 0.905. The van der Waals surface area contributed by atoms with E-state index in [1.807, 2.05) is 0 Å². The number of halogens is 3. The number of hydrogen-bond acceptors (Lipinski definition) is 2. The second-order valence-electron chi connectivity index (χ2n) is 4.94. The molecule has 2 unspecified atom stereocenters. The summed E-state index contributed by atoms with van der Waals surface area (Å²) in [5.74, 6) is -1.23. The van der Waals surface area contributed by atoms with Crippen LogP contribution in [-0.2, 0) is 11.3 Å². The summed E-state index contributed by atoms with van der Waals surface area (Å²) in [4.78, 5) is 12.9. The second-order valence-corrected chi connectivity index (χ2v) is 4.94. The number of hydrogen-bond donors (Lipinski definition) is 1. The predicted octanol–water partition coefficient (Wildman–Crippen LogP) is 2.56. The molecule has 1 rings (SSSR count). The van der Waals surface area contributed by atoms with Gasteiger partial charge in [-0.25, -0.2) is 0 Å². The third-order valence-electron chi connectivity index (χ3n) is 3.08. The number of amides is 1. The van der Waals surface area contributed by atoms with Gasteiger partial charge in [-0.1, -0.05) is 37.3 Å². The number of nitrogens with zero attached hydrogens (tertiary/aromatic N) is 1. The van der Waals surface area contributed by atoms with Crippen molar-refractivity contribution in [1.29, 1.82) is 0 Å². The minimum absolute atomic E-state index is 0.0732. The van der Waals surface area contributed by atoms with Crippen LogP contribution in [0.1, 0.15) is 19.4 Å². The number of carbonyl (C=O) groups excluding carboxylic acids is 1. The summed E-state index contributed by atoms with van der Waals surface area (Å²) >= 11 is 0. The first-order valence-electron chi connectivity index (χ1n) is 6.35. The number of carbonyl (C=O) groups is 1. The highest BCUT2D eigenvalue weighted by atomic mass is 19.4. The van der Waals surface area contributed by atoms with Gasteiger partial charge in [0.2, 0.25) is 5.91 Å². The van der Waals surface area contributed by atoms with Crippen LogP contribution in [0, 0.1) is 5.92 Å². The maximum absolute atomic E-state index is 12.6. The molecule has 0 saturated heterocycles. The molecule has 0 aliphatic heterocycles. The van der Waals surface area contributed by atoms with Crippen LogP contribution in [-0.4, -0.2) is 29.6 Å². The van der Waals surface area contributed by atoms with Gasteiger partial charge in [-0.05, 0) is 12.5 Å². The van der Waals surface area contributed by atoms with Crippen LogP contribution in [0.15, 0.2) is 30.3 Å². The van der Waals surface area contributed by atoms with Crippen molar-refractivity contribution in [2.75, 3.05) is 6.54 Å². The molecule has 0 aromatic heterocycles. The van der Waals surface area contributed by atoms with E-state index in [0.717, 1.165) is 4.90 Å². The minimum atomic E-state index is -4.43. The van der Waals surface area contributed by atoms with Crippen LogP contribution >= 0.6 is 0 Å².